The molecule has 0 fully saturated rings. The van der Waals surface area contributed by atoms with Gasteiger partial charge in [-0.1, -0.05) is 18.2 Å². The number of para-hydroxylation sites is 1. The number of halogens is 1. The molecule has 5 nitrogen and oxygen atoms in total. The summed E-state index contributed by atoms with van der Waals surface area (Å²) in [5.41, 5.74) is 2.71. The second-order valence-corrected chi connectivity index (χ2v) is 6.15. The molecule has 29 heavy (non-hydrogen) atoms. The Hall–Kier alpha value is -3.44. The van der Waals surface area contributed by atoms with Crippen LogP contribution < -0.4 is 19.5 Å². The van der Waals surface area contributed by atoms with Gasteiger partial charge in [0.25, 0.3) is 0 Å². The molecule has 0 atom stereocenters. The lowest BCUT2D eigenvalue weighted by Gasteiger charge is -2.13. The standard InChI is InChI=1S/C23H20N2O3.ClH/c1-26-22-14-19-20(12-13-24-21(19)15-23(22)27-2)25-16-8-10-18(11-9-16)28-17-6-4-3-5-7-17;/h3-15H,1-2H3,(H,24,25);1H. The Kier molecular flexibility index (Phi) is 6.42. The first kappa shape index (κ1) is 20.3. The molecule has 4 rings (SSSR count). The van der Waals surface area contributed by atoms with E-state index in [9.17, 15) is 0 Å². The van der Waals surface area contributed by atoms with Crippen molar-refractivity contribution in [3.63, 3.8) is 0 Å². The van der Waals surface area contributed by atoms with Crippen LogP contribution in [0.5, 0.6) is 23.0 Å². The molecule has 3 aromatic carbocycles. The molecular weight excluding hydrogens is 388 g/mol. The van der Waals surface area contributed by atoms with Gasteiger partial charge in [0.15, 0.2) is 11.5 Å². The minimum Gasteiger partial charge on any atom is -0.493 e. The summed E-state index contributed by atoms with van der Waals surface area (Å²) in [6.07, 6.45) is 1.77. The molecule has 1 aromatic heterocycles. The van der Waals surface area contributed by atoms with E-state index in [2.05, 4.69) is 10.3 Å². The molecule has 0 amide bonds. The lowest BCUT2D eigenvalue weighted by Crippen LogP contribution is -1.95. The number of nitrogens with one attached hydrogen (secondary N) is 1. The van der Waals surface area contributed by atoms with Crippen LogP contribution in [0.15, 0.2) is 79.0 Å². The Balaban J connectivity index is 0.00000240. The van der Waals surface area contributed by atoms with Gasteiger partial charge in [-0.05, 0) is 48.5 Å². The molecule has 0 aliphatic rings. The van der Waals surface area contributed by atoms with Crippen molar-refractivity contribution in [2.45, 2.75) is 0 Å². The summed E-state index contributed by atoms with van der Waals surface area (Å²) in [5.74, 6) is 2.91. The van der Waals surface area contributed by atoms with Crippen LogP contribution in [0.2, 0.25) is 0 Å². The van der Waals surface area contributed by atoms with E-state index in [4.69, 9.17) is 14.2 Å². The van der Waals surface area contributed by atoms with E-state index < -0.39 is 0 Å². The Labute approximate surface area is 175 Å². The smallest absolute Gasteiger partial charge is 0.162 e. The number of anilines is 2. The number of fused-ring (bicyclic) bond motifs is 1. The highest BCUT2D eigenvalue weighted by molar-refractivity contribution is 5.95. The molecule has 0 saturated heterocycles. The molecule has 1 N–H and O–H groups in total. The van der Waals surface area contributed by atoms with Crippen LogP contribution in [0.3, 0.4) is 0 Å². The Morgan fingerprint density at radius 3 is 2.10 bits per heavy atom. The molecule has 0 saturated carbocycles. The second kappa shape index (κ2) is 9.17. The fourth-order valence-corrected chi connectivity index (χ4v) is 2.97. The zero-order chi connectivity index (χ0) is 19.3. The Morgan fingerprint density at radius 1 is 0.759 bits per heavy atom. The first-order valence-corrected chi connectivity index (χ1v) is 8.87. The third-order valence-electron chi connectivity index (χ3n) is 4.36. The molecule has 0 aliphatic carbocycles. The van der Waals surface area contributed by atoms with Gasteiger partial charge in [0.05, 0.1) is 19.7 Å². The van der Waals surface area contributed by atoms with Gasteiger partial charge >= 0.3 is 0 Å². The number of hydrogen-bond acceptors (Lipinski definition) is 5. The number of benzene rings is 3. The van der Waals surface area contributed by atoms with Crippen molar-refractivity contribution in [3.8, 4) is 23.0 Å². The highest BCUT2D eigenvalue weighted by Gasteiger charge is 2.10. The molecule has 0 radical (unpaired) electrons. The van der Waals surface area contributed by atoms with Crippen LogP contribution in [-0.4, -0.2) is 19.2 Å². The molecule has 0 aliphatic heterocycles. The maximum atomic E-state index is 5.84. The number of hydrogen-bond donors (Lipinski definition) is 1. The van der Waals surface area contributed by atoms with E-state index in [1.165, 1.54) is 0 Å². The van der Waals surface area contributed by atoms with E-state index >= 15 is 0 Å². The maximum absolute atomic E-state index is 5.84. The average Bonchev–Trinajstić information content (AvgIpc) is 2.75. The summed E-state index contributed by atoms with van der Waals surface area (Å²) in [4.78, 5) is 4.43. The van der Waals surface area contributed by atoms with E-state index in [1.807, 2.05) is 72.8 Å². The van der Waals surface area contributed by atoms with Gasteiger partial charge in [0.2, 0.25) is 0 Å². The van der Waals surface area contributed by atoms with E-state index in [1.54, 1.807) is 20.4 Å². The summed E-state index contributed by atoms with van der Waals surface area (Å²) >= 11 is 0. The minimum atomic E-state index is 0. The summed E-state index contributed by atoms with van der Waals surface area (Å²) in [6, 6.07) is 23.3. The van der Waals surface area contributed by atoms with E-state index in [-0.39, 0.29) is 12.4 Å². The van der Waals surface area contributed by atoms with Crippen molar-refractivity contribution >= 4 is 34.7 Å². The van der Waals surface area contributed by atoms with Crippen molar-refractivity contribution in [1.29, 1.82) is 0 Å². The van der Waals surface area contributed by atoms with Crippen LogP contribution >= 0.6 is 12.4 Å². The summed E-state index contributed by atoms with van der Waals surface area (Å²) in [6.45, 7) is 0. The minimum absolute atomic E-state index is 0. The molecular formula is C23H21ClN2O3. The van der Waals surface area contributed by atoms with Crippen LogP contribution in [-0.2, 0) is 0 Å². The molecule has 6 heteroatoms. The molecule has 0 spiro atoms. The molecule has 148 valence electrons. The number of nitrogens with zero attached hydrogens (tertiary/aromatic N) is 1. The van der Waals surface area contributed by atoms with Crippen molar-refractivity contribution in [2.75, 3.05) is 19.5 Å². The van der Waals surface area contributed by atoms with Gasteiger partial charge in [-0.15, -0.1) is 12.4 Å². The number of methoxy groups -OCH3 is 2. The van der Waals surface area contributed by atoms with Gasteiger partial charge in [0, 0.05) is 29.0 Å². The fraction of sp³-hybridized carbons (Fsp3) is 0.0870. The average molecular weight is 409 g/mol. The maximum Gasteiger partial charge on any atom is 0.162 e. The van der Waals surface area contributed by atoms with Crippen LogP contribution in [0.25, 0.3) is 10.9 Å². The predicted octanol–water partition coefficient (Wildman–Crippen LogP) is 6.21. The van der Waals surface area contributed by atoms with Crippen molar-refractivity contribution < 1.29 is 14.2 Å². The van der Waals surface area contributed by atoms with Gasteiger partial charge in [-0.25, -0.2) is 0 Å². The number of rotatable bonds is 6. The Bertz CT molecular complexity index is 1090. The lowest BCUT2D eigenvalue weighted by atomic mass is 10.1. The van der Waals surface area contributed by atoms with Crippen molar-refractivity contribution in [3.05, 3.63) is 79.0 Å². The first-order chi connectivity index (χ1) is 13.8. The SMILES string of the molecule is COc1cc2nccc(Nc3ccc(Oc4ccccc4)cc3)c2cc1OC.Cl. The van der Waals surface area contributed by atoms with E-state index in [0.29, 0.717) is 11.5 Å². The van der Waals surface area contributed by atoms with Gasteiger partial charge in [0.1, 0.15) is 11.5 Å². The molecule has 4 aromatic rings. The Morgan fingerprint density at radius 2 is 1.41 bits per heavy atom. The zero-order valence-electron chi connectivity index (χ0n) is 16.1. The fourth-order valence-electron chi connectivity index (χ4n) is 2.97. The lowest BCUT2D eigenvalue weighted by molar-refractivity contribution is 0.356. The summed E-state index contributed by atoms with van der Waals surface area (Å²) in [7, 11) is 3.24. The zero-order valence-corrected chi connectivity index (χ0v) is 16.9. The van der Waals surface area contributed by atoms with Gasteiger partial charge in [-0.3, -0.25) is 4.98 Å². The second-order valence-electron chi connectivity index (χ2n) is 6.15. The van der Waals surface area contributed by atoms with Crippen molar-refractivity contribution in [1.82, 2.24) is 4.98 Å². The number of aromatic nitrogens is 1. The van der Waals surface area contributed by atoms with Crippen LogP contribution in [0, 0.1) is 0 Å². The number of ether oxygens (including phenoxy) is 3. The third kappa shape index (κ3) is 4.52. The number of pyridine rings is 1. The van der Waals surface area contributed by atoms with Crippen LogP contribution in [0.1, 0.15) is 0 Å². The highest BCUT2D eigenvalue weighted by Crippen LogP contribution is 2.35. The van der Waals surface area contributed by atoms with E-state index in [0.717, 1.165) is 33.8 Å². The first-order valence-electron chi connectivity index (χ1n) is 8.87. The molecule has 0 bridgehead atoms. The van der Waals surface area contributed by atoms with Crippen LogP contribution in [0.4, 0.5) is 11.4 Å². The molecule has 1 heterocycles. The summed E-state index contributed by atoms with van der Waals surface area (Å²) in [5, 5.41) is 4.38. The summed E-state index contributed by atoms with van der Waals surface area (Å²) < 4.78 is 16.6. The van der Waals surface area contributed by atoms with Crippen molar-refractivity contribution in [2.24, 2.45) is 0 Å². The molecule has 0 unspecified atom stereocenters. The monoisotopic (exact) mass is 408 g/mol. The van der Waals surface area contributed by atoms with Gasteiger partial charge in [-0.2, -0.15) is 0 Å². The topological polar surface area (TPSA) is 52.6 Å². The predicted molar refractivity (Wildman–Crippen MR) is 118 cm³/mol. The normalized spacial score (nSPS) is 10.1. The quantitative estimate of drug-likeness (QED) is 0.411. The third-order valence-corrected chi connectivity index (χ3v) is 4.36. The van der Waals surface area contributed by atoms with Gasteiger partial charge < -0.3 is 19.5 Å². The largest absolute Gasteiger partial charge is 0.493 e. The highest BCUT2D eigenvalue weighted by atomic mass is 35.5.